The van der Waals surface area contributed by atoms with Crippen molar-refractivity contribution in [3.05, 3.63) is 51.8 Å². The fourth-order valence-electron chi connectivity index (χ4n) is 3.02. The van der Waals surface area contributed by atoms with E-state index >= 15 is 0 Å². The molecule has 1 N–H and O–H groups in total. The lowest BCUT2D eigenvalue weighted by molar-refractivity contribution is 0.258. The number of hydrogen-bond donors (Lipinski definition) is 1. The summed E-state index contributed by atoms with van der Waals surface area (Å²) in [7, 11) is 0. The van der Waals surface area contributed by atoms with Gasteiger partial charge in [-0.05, 0) is 42.8 Å². The van der Waals surface area contributed by atoms with Crippen LogP contribution in [0.3, 0.4) is 0 Å². The second-order valence-corrected chi connectivity index (χ2v) is 6.33. The van der Waals surface area contributed by atoms with Gasteiger partial charge in [0.1, 0.15) is 5.02 Å². The summed E-state index contributed by atoms with van der Waals surface area (Å²) in [5.41, 5.74) is 2.77. The largest absolute Gasteiger partial charge is 0.369 e. The number of aromatic nitrogens is 1. The standard InChI is InChI=1S/C18H22ClN3O.ClH/c1-2-9-21-10-12-22(13-11-21)15-5-3-14(4-6-15)17-8-7-16(19)18(23)20-17;/h3-8H,2,9-13H2,1H3,(H,20,23);1H. The first-order chi connectivity index (χ1) is 11.2. The van der Waals surface area contributed by atoms with Crippen molar-refractivity contribution < 1.29 is 0 Å². The van der Waals surface area contributed by atoms with Gasteiger partial charge in [0.15, 0.2) is 0 Å². The average molecular weight is 368 g/mol. The van der Waals surface area contributed by atoms with Crippen molar-refractivity contribution in [2.24, 2.45) is 0 Å². The quantitative estimate of drug-likeness (QED) is 0.896. The predicted octanol–water partition coefficient (Wildman–Crippen LogP) is 3.65. The average Bonchev–Trinajstić information content (AvgIpc) is 2.59. The minimum Gasteiger partial charge on any atom is -0.369 e. The zero-order valence-electron chi connectivity index (χ0n) is 13.8. The molecule has 0 spiro atoms. The van der Waals surface area contributed by atoms with Crippen molar-refractivity contribution in [2.75, 3.05) is 37.6 Å². The van der Waals surface area contributed by atoms with E-state index in [0.29, 0.717) is 0 Å². The molecule has 130 valence electrons. The lowest BCUT2D eigenvalue weighted by Crippen LogP contribution is -2.46. The molecular formula is C18H23Cl2N3O. The maximum absolute atomic E-state index is 11.6. The van der Waals surface area contributed by atoms with Crippen molar-refractivity contribution in [2.45, 2.75) is 13.3 Å². The topological polar surface area (TPSA) is 39.3 Å². The number of nitrogens with one attached hydrogen (secondary N) is 1. The molecule has 0 aliphatic carbocycles. The van der Waals surface area contributed by atoms with Crippen LogP contribution in [0.1, 0.15) is 13.3 Å². The first kappa shape index (κ1) is 18.8. The highest BCUT2D eigenvalue weighted by molar-refractivity contribution is 6.30. The predicted molar refractivity (Wildman–Crippen MR) is 104 cm³/mol. The number of H-pyrrole nitrogens is 1. The smallest absolute Gasteiger partial charge is 0.267 e. The third kappa shape index (κ3) is 4.32. The van der Waals surface area contributed by atoms with Gasteiger partial charge < -0.3 is 9.88 Å². The second-order valence-electron chi connectivity index (χ2n) is 5.92. The van der Waals surface area contributed by atoms with Gasteiger partial charge in [-0.3, -0.25) is 9.69 Å². The molecule has 24 heavy (non-hydrogen) atoms. The van der Waals surface area contributed by atoms with Crippen molar-refractivity contribution >= 4 is 29.7 Å². The molecule has 0 atom stereocenters. The van der Waals surface area contributed by atoms with E-state index in [1.807, 2.05) is 18.2 Å². The fraction of sp³-hybridized carbons (Fsp3) is 0.389. The van der Waals surface area contributed by atoms with E-state index in [-0.39, 0.29) is 23.0 Å². The molecule has 1 aromatic carbocycles. The summed E-state index contributed by atoms with van der Waals surface area (Å²) < 4.78 is 0. The minimum atomic E-state index is -0.250. The van der Waals surface area contributed by atoms with Crippen molar-refractivity contribution in [3.8, 4) is 11.3 Å². The number of aromatic amines is 1. The summed E-state index contributed by atoms with van der Waals surface area (Å²) in [6.07, 6.45) is 1.22. The Labute approximate surface area is 153 Å². The van der Waals surface area contributed by atoms with Crippen LogP contribution in [0, 0.1) is 0 Å². The lowest BCUT2D eigenvalue weighted by Gasteiger charge is -2.36. The molecule has 4 nitrogen and oxygen atoms in total. The van der Waals surface area contributed by atoms with E-state index in [0.717, 1.165) is 37.4 Å². The summed E-state index contributed by atoms with van der Waals surface area (Å²) in [6, 6.07) is 11.8. The van der Waals surface area contributed by atoms with Crippen LogP contribution in [-0.4, -0.2) is 42.6 Å². The number of piperazine rings is 1. The molecule has 0 bridgehead atoms. The van der Waals surface area contributed by atoms with Gasteiger partial charge in [-0.2, -0.15) is 0 Å². The zero-order valence-corrected chi connectivity index (χ0v) is 15.4. The summed E-state index contributed by atoms with van der Waals surface area (Å²) in [4.78, 5) is 19.3. The number of hydrogen-bond acceptors (Lipinski definition) is 3. The van der Waals surface area contributed by atoms with E-state index in [2.05, 4.69) is 33.8 Å². The number of anilines is 1. The molecule has 6 heteroatoms. The molecule has 1 fully saturated rings. The maximum atomic E-state index is 11.6. The van der Waals surface area contributed by atoms with E-state index < -0.39 is 0 Å². The van der Waals surface area contributed by atoms with Gasteiger partial charge in [0, 0.05) is 37.6 Å². The summed E-state index contributed by atoms with van der Waals surface area (Å²) in [5.74, 6) is 0. The van der Waals surface area contributed by atoms with Crippen LogP contribution in [0.15, 0.2) is 41.2 Å². The molecule has 3 rings (SSSR count). The van der Waals surface area contributed by atoms with Crippen LogP contribution < -0.4 is 10.5 Å². The van der Waals surface area contributed by atoms with Crippen LogP contribution in [0.2, 0.25) is 5.02 Å². The number of halogens is 2. The normalized spacial score (nSPS) is 15.2. The molecular weight excluding hydrogens is 345 g/mol. The maximum Gasteiger partial charge on any atom is 0.267 e. The molecule has 0 unspecified atom stereocenters. The number of nitrogens with zero attached hydrogens (tertiary/aromatic N) is 2. The molecule has 1 aliphatic heterocycles. The van der Waals surface area contributed by atoms with E-state index in [9.17, 15) is 4.79 Å². The molecule has 0 amide bonds. The van der Waals surface area contributed by atoms with Crippen molar-refractivity contribution in [1.82, 2.24) is 9.88 Å². The molecule has 0 radical (unpaired) electrons. The third-order valence-corrected chi connectivity index (χ3v) is 4.61. The number of pyridine rings is 1. The minimum absolute atomic E-state index is 0. The Balaban J connectivity index is 0.00000208. The monoisotopic (exact) mass is 367 g/mol. The Morgan fingerprint density at radius 2 is 1.71 bits per heavy atom. The van der Waals surface area contributed by atoms with E-state index in [4.69, 9.17) is 11.6 Å². The van der Waals surface area contributed by atoms with Crippen LogP contribution in [0.5, 0.6) is 0 Å². The number of rotatable bonds is 4. The molecule has 1 aromatic heterocycles. The first-order valence-corrected chi connectivity index (χ1v) is 8.51. The van der Waals surface area contributed by atoms with E-state index in [1.165, 1.54) is 18.7 Å². The first-order valence-electron chi connectivity index (χ1n) is 8.14. The van der Waals surface area contributed by atoms with Crippen LogP contribution in [0.4, 0.5) is 5.69 Å². The van der Waals surface area contributed by atoms with Gasteiger partial charge in [-0.15, -0.1) is 12.4 Å². The summed E-state index contributed by atoms with van der Waals surface area (Å²) in [5, 5.41) is 0.218. The molecule has 2 aromatic rings. The Morgan fingerprint density at radius 3 is 2.29 bits per heavy atom. The van der Waals surface area contributed by atoms with Crippen LogP contribution >= 0.6 is 24.0 Å². The molecule has 2 heterocycles. The van der Waals surface area contributed by atoms with Gasteiger partial charge in [0.2, 0.25) is 0 Å². The third-order valence-electron chi connectivity index (χ3n) is 4.32. The Kier molecular flexibility index (Phi) is 6.72. The Hall–Kier alpha value is -1.49. The molecule has 1 saturated heterocycles. The highest BCUT2D eigenvalue weighted by Gasteiger charge is 2.16. The fourth-order valence-corrected chi connectivity index (χ4v) is 3.13. The lowest BCUT2D eigenvalue weighted by atomic mass is 10.1. The summed E-state index contributed by atoms with van der Waals surface area (Å²) in [6.45, 7) is 7.80. The zero-order chi connectivity index (χ0) is 16.2. The molecule has 0 saturated carbocycles. The Morgan fingerprint density at radius 1 is 1.04 bits per heavy atom. The van der Waals surface area contributed by atoms with Crippen molar-refractivity contribution in [1.29, 1.82) is 0 Å². The SMILES string of the molecule is CCCN1CCN(c2ccc(-c3ccc(Cl)c(=O)[nH]3)cc2)CC1.Cl. The van der Waals surface area contributed by atoms with Gasteiger partial charge in [0.05, 0.1) is 0 Å². The van der Waals surface area contributed by atoms with Crippen LogP contribution in [0.25, 0.3) is 11.3 Å². The van der Waals surface area contributed by atoms with Crippen LogP contribution in [-0.2, 0) is 0 Å². The highest BCUT2D eigenvalue weighted by atomic mass is 35.5. The van der Waals surface area contributed by atoms with Gasteiger partial charge in [-0.1, -0.05) is 30.7 Å². The van der Waals surface area contributed by atoms with Crippen molar-refractivity contribution in [3.63, 3.8) is 0 Å². The number of benzene rings is 1. The second kappa shape index (κ2) is 8.56. The van der Waals surface area contributed by atoms with E-state index in [1.54, 1.807) is 6.07 Å². The van der Waals surface area contributed by atoms with Gasteiger partial charge in [-0.25, -0.2) is 0 Å². The molecule has 1 aliphatic rings. The summed E-state index contributed by atoms with van der Waals surface area (Å²) >= 11 is 5.77. The Bertz CT molecular complexity index is 707. The van der Waals surface area contributed by atoms with Gasteiger partial charge in [0.25, 0.3) is 5.56 Å². The highest BCUT2D eigenvalue weighted by Crippen LogP contribution is 2.22. The van der Waals surface area contributed by atoms with Gasteiger partial charge >= 0.3 is 0 Å².